The van der Waals surface area contributed by atoms with Crippen molar-refractivity contribution in [2.45, 2.75) is 50.7 Å². The first-order valence-corrected chi connectivity index (χ1v) is 9.43. The Morgan fingerprint density at radius 3 is 2.52 bits per heavy atom. The first kappa shape index (κ1) is 17.6. The van der Waals surface area contributed by atoms with Crippen LogP contribution in [0.15, 0.2) is 42.5 Å². The Balaban J connectivity index is 1.48. The molecule has 2 aromatic carbocycles. The van der Waals surface area contributed by atoms with Crippen LogP contribution in [0.3, 0.4) is 0 Å². The summed E-state index contributed by atoms with van der Waals surface area (Å²) in [5.41, 5.74) is 6.97. The Labute approximate surface area is 158 Å². The molecule has 5 nitrogen and oxygen atoms in total. The van der Waals surface area contributed by atoms with Crippen molar-refractivity contribution in [1.82, 2.24) is 0 Å². The Hall–Kier alpha value is -2.82. The van der Waals surface area contributed by atoms with E-state index in [0.29, 0.717) is 35.7 Å². The van der Waals surface area contributed by atoms with Gasteiger partial charge < -0.3 is 15.2 Å². The van der Waals surface area contributed by atoms with Crippen LogP contribution in [0.5, 0.6) is 11.5 Å². The van der Waals surface area contributed by atoms with Crippen molar-refractivity contribution in [3.63, 3.8) is 0 Å². The number of Topliss-reactive ketones (excluding diaryl/α,β-unsaturated/α-hetero) is 1. The van der Waals surface area contributed by atoms with Gasteiger partial charge in [-0.1, -0.05) is 18.6 Å². The van der Waals surface area contributed by atoms with Crippen LogP contribution < -0.4 is 15.2 Å². The summed E-state index contributed by atoms with van der Waals surface area (Å²) in [6.07, 6.45) is 5.79. The highest BCUT2D eigenvalue weighted by molar-refractivity contribution is 6.00. The lowest BCUT2D eigenvalue weighted by atomic mass is 9.78. The Bertz CT molecular complexity index is 866. The molecular weight excluding hydrogens is 342 g/mol. The molecule has 0 bridgehead atoms. The molecule has 0 aromatic heterocycles. The van der Waals surface area contributed by atoms with Crippen LogP contribution in [0.1, 0.15) is 64.8 Å². The van der Waals surface area contributed by atoms with E-state index in [2.05, 4.69) is 0 Å². The van der Waals surface area contributed by atoms with Crippen LogP contribution in [0.4, 0.5) is 0 Å². The van der Waals surface area contributed by atoms with Gasteiger partial charge in [0.1, 0.15) is 23.7 Å². The zero-order valence-corrected chi connectivity index (χ0v) is 15.2. The number of ketones is 1. The first-order valence-electron chi connectivity index (χ1n) is 9.43. The van der Waals surface area contributed by atoms with Gasteiger partial charge in [0.2, 0.25) is 5.91 Å². The molecule has 140 valence electrons. The van der Waals surface area contributed by atoms with E-state index in [0.717, 1.165) is 31.2 Å². The summed E-state index contributed by atoms with van der Waals surface area (Å²) in [6.45, 7) is 0.358. The molecule has 1 fully saturated rings. The Kier molecular flexibility index (Phi) is 4.60. The summed E-state index contributed by atoms with van der Waals surface area (Å²) >= 11 is 0. The van der Waals surface area contributed by atoms with Gasteiger partial charge >= 0.3 is 0 Å². The molecule has 1 saturated carbocycles. The van der Waals surface area contributed by atoms with Crippen LogP contribution in [-0.2, 0) is 6.61 Å². The topological polar surface area (TPSA) is 78.6 Å². The van der Waals surface area contributed by atoms with E-state index >= 15 is 0 Å². The number of rotatable bonds is 4. The van der Waals surface area contributed by atoms with Crippen LogP contribution in [0.25, 0.3) is 0 Å². The maximum atomic E-state index is 12.6. The highest BCUT2D eigenvalue weighted by Crippen LogP contribution is 2.42. The van der Waals surface area contributed by atoms with Crippen LogP contribution in [-0.4, -0.2) is 17.3 Å². The molecule has 5 heteroatoms. The van der Waals surface area contributed by atoms with Gasteiger partial charge in [-0.05, 0) is 55.5 Å². The molecule has 1 heterocycles. The lowest BCUT2D eigenvalue weighted by molar-refractivity contribution is 0.0134. The molecule has 1 aliphatic heterocycles. The number of fused-ring (bicyclic) bond motifs is 1. The highest BCUT2D eigenvalue weighted by Gasteiger charge is 2.41. The predicted octanol–water partition coefficient (Wildman–Crippen LogP) is 4.03. The summed E-state index contributed by atoms with van der Waals surface area (Å²) in [5, 5.41) is 0. The summed E-state index contributed by atoms with van der Waals surface area (Å²) < 4.78 is 12.2. The largest absolute Gasteiger partial charge is 0.489 e. The van der Waals surface area contributed by atoms with Crippen molar-refractivity contribution < 1.29 is 19.1 Å². The standard InChI is InChI=1S/C22H23NO4/c23-21(25)16-6-4-15(5-7-16)14-26-17-8-9-18-19(24)13-22(27-20(18)12-17)10-2-1-3-11-22/h4-9,12H,1-3,10-11,13-14H2,(H2,23,25). The van der Waals surface area contributed by atoms with E-state index in [1.807, 2.05) is 18.2 Å². The number of nitrogens with two attached hydrogens (primary N) is 1. The quantitative estimate of drug-likeness (QED) is 0.887. The van der Waals surface area contributed by atoms with Crippen molar-refractivity contribution in [1.29, 1.82) is 0 Å². The van der Waals surface area contributed by atoms with Gasteiger partial charge in [-0.3, -0.25) is 9.59 Å². The molecule has 0 saturated heterocycles. The average Bonchev–Trinajstić information content (AvgIpc) is 2.67. The second kappa shape index (κ2) is 7.06. The van der Waals surface area contributed by atoms with E-state index in [1.165, 1.54) is 6.42 Å². The predicted molar refractivity (Wildman–Crippen MR) is 101 cm³/mol. The molecule has 0 atom stereocenters. The summed E-state index contributed by atoms with van der Waals surface area (Å²) in [6, 6.07) is 12.4. The minimum absolute atomic E-state index is 0.159. The maximum Gasteiger partial charge on any atom is 0.248 e. The monoisotopic (exact) mass is 365 g/mol. The fourth-order valence-corrected chi connectivity index (χ4v) is 3.97. The smallest absolute Gasteiger partial charge is 0.248 e. The van der Waals surface area contributed by atoms with Crippen LogP contribution in [0, 0.1) is 0 Å². The van der Waals surface area contributed by atoms with Gasteiger partial charge in [0, 0.05) is 11.6 Å². The van der Waals surface area contributed by atoms with E-state index in [-0.39, 0.29) is 11.4 Å². The summed E-state index contributed by atoms with van der Waals surface area (Å²) in [4.78, 5) is 23.7. The van der Waals surface area contributed by atoms with Gasteiger partial charge in [-0.25, -0.2) is 0 Å². The van der Waals surface area contributed by atoms with E-state index in [4.69, 9.17) is 15.2 Å². The third kappa shape index (κ3) is 3.68. The third-order valence-electron chi connectivity index (χ3n) is 5.47. The lowest BCUT2D eigenvalue weighted by Gasteiger charge is -2.40. The number of carbonyl (C=O) groups excluding carboxylic acids is 2. The number of hydrogen-bond acceptors (Lipinski definition) is 4. The minimum atomic E-state index is -0.449. The SMILES string of the molecule is NC(=O)c1ccc(COc2ccc3c(c2)OC2(CCCCC2)CC3=O)cc1. The molecule has 1 aliphatic carbocycles. The molecule has 1 amide bonds. The average molecular weight is 365 g/mol. The Morgan fingerprint density at radius 1 is 1.07 bits per heavy atom. The van der Waals surface area contributed by atoms with Gasteiger partial charge in [-0.2, -0.15) is 0 Å². The first-order chi connectivity index (χ1) is 13.0. The molecule has 2 aliphatic rings. The molecular formula is C22H23NO4. The van der Waals surface area contributed by atoms with Crippen molar-refractivity contribution in [3.8, 4) is 11.5 Å². The van der Waals surface area contributed by atoms with Crippen molar-refractivity contribution in [3.05, 3.63) is 59.2 Å². The molecule has 0 radical (unpaired) electrons. The number of primary amides is 1. The minimum Gasteiger partial charge on any atom is -0.489 e. The second-order valence-electron chi connectivity index (χ2n) is 7.45. The molecule has 2 N–H and O–H groups in total. The molecule has 27 heavy (non-hydrogen) atoms. The van der Waals surface area contributed by atoms with E-state index < -0.39 is 5.91 Å². The fraction of sp³-hybridized carbons (Fsp3) is 0.364. The van der Waals surface area contributed by atoms with Crippen molar-refractivity contribution >= 4 is 11.7 Å². The van der Waals surface area contributed by atoms with Crippen molar-refractivity contribution in [2.24, 2.45) is 5.73 Å². The zero-order chi connectivity index (χ0) is 18.9. The summed E-state index contributed by atoms with van der Waals surface area (Å²) in [7, 11) is 0. The number of benzene rings is 2. The second-order valence-corrected chi connectivity index (χ2v) is 7.45. The van der Waals surface area contributed by atoms with Gasteiger partial charge in [0.25, 0.3) is 0 Å². The number of ether oxygens (including phenoxy) is 2. The van der Waals surface area contributed by atoms with Crippen LogP contribution in [0.2, 0.25) is 0 Å². The number of amides is 1. The fourth-order valence-electron chi connectivity index (χ4n) is 3.97. The molecule has 4 rings (SSSR count). The lowest BCUT2D eigenvalue weighted by Crippen LogP contribution is -2.43. The Morgan fingerprint density at radius 2 is 1.81 bits per heavy atom. The normalized spacial score (nSPS) is 17.9. The highest BCUT2D eigenvalue weighted by atomic mass is 16.5. The van der Waals surface area contributed by atoms with Crippen LogP contribution >= 0.6 is 0 Å². The molecule has 2 aromatic rings. The third-order valence-corrected chi connectivity index (χ3v) is 5.47. The van der Waals surface area contributed by atoms with E-state index in [9.17, 15) is 9.59 Å². The van der Waals surface area contributed by atoms with Gasteiger partial charge in [0.15, 0.2) is 5.78 Å². The number of hydrogen-bond donors (Lipinski definition) is 1. The number of carbonyl (C=O) groups is 2. The zero-order valence-electron chi connectivity index (χ0n) is 15.2. The van der Waals surface area contributed by atoms with E-state index in [1.54, 1.807) is 24.3 Å². The maximum absolute atomic E-state index is 12.6. The molecule has 0 unspecified atom stereocenters. The van der Waals surface area contributed by atoms with Gasteiger partial charge in [-0.15, -0.1) is 0 Å². The summed E-state index contributed by atoms with van der Waals surface area (Å²) in [5.74, 6) is 1.01. The van der Waals surface area contributed by atoms with Crippen molar-refractivity contribution in [2.75, 3.05) is 0 Å². The molecule has 1 spiro atoms. The van der Waals surface area contributed by atoms with Gasteiger partial charge in [0.05, 0.1) is 12.0 Å².